The van der Waals surface area contributed by atoms with Gasteiger partial charge in [-0.05, 0) is 11.5 Å². The van der Waals surface area contributed by atoms with Gasteiger partial charge in [0.2, 0.25) is 0 Å². The minimum atomic E-state index is 0.377. The molecule has 0 aliphatic heterocycles. The summed E-state index contributed by atoms with van der Waals surface area (Å²) in [6, 6.07) is 14.2. The average Bonchev–Trinajstić information content (AvgIpc) is 2.45. The minimum Gasteiger partial charge on any atom is -0.402 e. The molecule has 3 nitrogen and oxygen atoms in total. The summed E-state index contributed by atoms with van der Waals surface area (Å²) in [6.07, 6.45) is 1.29. The van der Waals surface area contributed by atoms with Crippen molar-refractivity contribution in [2.24, 2.45) is 5.73 Å². The summed E-state index contributed by atoms with van der Waals surface area (Å²) >= 11 is 11.0. The van der Waals surface area contributed by atoms with E-state index in [-0.39, 0.29) is 0 Å². The highest BCUT2D eigenvalue weighted by Crippen LogP contribution is 2.22. The molecule has 0 aromatic heterocycles. The Kier molecular flexibility index (Phi) is 4.60. The Bertz CT molecular complexity index is 620. The van der Waals surface area contributed by atoms with Crippen LogP contribution in [0.2, 0.25) is 0 Å². The Morgan fingerprint density at radius 3 is 2.74 bits per heavy atom. The molecule has 0 saturated heterocycles. The van der Waals surface area contributed by atoms with E-state index in [0.717, 1.165) is 11.1 Å². The highest BCUT2D eigenvalue weighted by molar-refractivity contribution is 7.80. The number of hydrogen-bond acceptors (Lipinski definition) is 3. The molecule has 0 fully saturated rings. The van der Waals surface area contributed by atoms with E-state index < -0.39 is 0 Å². The fourth-order valence-electron chi connectivity index (χ4n) is 1.75. The number of nitrogens with one attached hydrogen (secondary N) is 2. The van der Waals surface area contributed by atoms with Gasteiger partial charge in [-0.2, -0.15) is 0 Å². The third-order valence-corrected chi connectivity index (χ3v) is 3.13. The van der Waals surface area contributed by atoms with Crippen LogP contribution in [0.15, 0.2) is 53.8 Å². The van der Waals surface area contributed by atoms with E-state index in [1.165, 1.54) is 11.6 Å². The van der Waals surface area contributed by atoms with Crippen LogP contribution >= 0.6 is 23.8 Å². The average molecular weight is 292 g/mol. The van der Waals surface area contributed by atoms with Gasteiger partial charge in [-0.15, -0.1) is 0 Å². The van der Waals surface area contributed by atoms with Gasteiger partial charge in [-0.25, -0.2) is 0 Å². The molecule has 0 aliphatic rings. The molecule has 2 rings (SSSR count). The van der Waals surface area contributed by atoms with E-state index in [4.69, 9.17) is 29.6 Å². The number of thiocarbonyl (C=S) groups is 1. The molecule has 0 aliphatic carbocycles. The van der Waals surface area contributed by atoms with Crippen LogP contribution in [0.25, 0.3) is 10.8 Å². The number of anilines is 1. The predicted molar refractivity (Wildman–Crippen MR) is 86.3 cm³/mol. The molecule has 0 bridgehead atoms. The Labute approximate surface area is 122 Å². The smallest absolute Gasteiger partial charge is 0.118 e. The summed E-state index contributed by atoms with van der Waals surface area (Å²) in [5, 5.41) is 8.78. The van der Waals surface area contributed by atoms with Crippen molar-refractivity contribution in [3.8, 4) is 0 Å². The monoisotopic (exact) mass is 291 g/mol. The van der Waals surface area contributed by atoms with Crippen molar-refractivity contribution in [1.82, 2.24) is 5.32 Å². The molecule has 2 aromatic rings. The predicted octanol–water partition coefficient (Wildman–Crippen LogP) is 3.17. The summed E-state index contributed by atoms with van der Waals surface area (Å²) in [4.78, 5) is 0.649. The van der Waals surface area contributed by atoms with Crippen LogP contribution in [-0.2, 0) is 0 Å². The molecule has 0 amide bonds. The Morgan fingerprint density at radius 2 is 1.95 bits per heavy atom. The number of benzene rings is 2. The second-order valence-electron chi connectivity index (χ2n) is 3.94. The van der Waals surface area contributed by atoms with Crippen LogP contribution in [0.5, 0.6) is 0 Å². The maximum Gasteiger partial charge on any atom is 0.118 e. The van der Waals surface area contributed by atoms with Gasteiger partial charge >= 0.3 is 0 Å². The maximum atomic E-state index is 5.74. The van der Waals surface area contributed by atoms with E-state index in [0.29, 0.717) is 16.7 Å². The largest absolute Gasteiger partial charge is 0.402 e. The van der Waals surface area contributed by atoms with Crippen LogP contribution < -0.4 is 16.4 Å². The van der Waals surface area contributed by atoms with Crippen LogP contribution in [0.4, 0.5) is 5.69 Å². The molecule has 4 N–H and O–H groups in total. The first-order valence-corrected chi connectivity index (χ1v) is 6.58. The summed E-state index contributed by atoms with van der Waals surface area (Å²) < 4.78 is 0. The normalized spacial score (nSPS) is 11.3. The molecule has 0 spiro atoms. The van der Waals surface area contributed by atoms with Crippen molar-refractivity contribution in [2.45, 2.75) is 0 Å². The summed E-state index contributed by atoms with van der Waals surface area (Å²) in [6.45, 7) is 0.436. The zero-order valence-electron chi connectivity index (χ0n) is 10.2. The summed E-state index contributed by atoms with van der Waals surface area (Å²) in [5.74, 6) is 0. The lowest BCUT2D eigenvalue weighted by Crippen LogP contribution is -2.25. The van der Waals surface area contributed by atoms with Crippen molar-refractivity contribution in [3.05, 3.63) is 53.8 Å². The zero-order chi connectivity index (χ0) is 13.7. The molecule has 19 heavy (non-hydrogen) atoms. The lowest BCUT2D eigenvalue weighted by molar-refractivity contribution is 0.994. The molecule has 0 heterocycles. The molecule has 0 atom stereocenters. The van der Waals surface area contributed by atoms with Gasteiger partial charge in [0.25, 0.3) is 0 Å². The number of hydrogen-bond donors (Lipinski definition) is 3. The van der Waals surface area contributed by atoms with E-state index in [2.05, 4.69) is 28.8 Å². The summed E-state index contributed by atoms with van der Waals surface area (Å²) in [5.41, 5.74) is 6.25. The first kappa shape index (κ1) is 13.6. The van der Waals surface area contributed by atoms with Gasteiger partial charge in [0.1, 0.15) is 5.16 Å². The third kappa shape index (κ3) is 3.59. The van der Waals surface area contributed by atoms with E-state index >= 15 is 0 Å². The van der Waals surface area contributed by atoms with Crippen molar-refractivity contribution in [3.63, 3.8) is 0 Å². The second-order valence-corrected chi connectivity index (χ2v) is 4.84. The third-order valence-electron chi connectivity index (χ3n) is 2.63. The molecule has 5 heteroatoms. The molecule has 2 aromatic carbocycles. The lowest BCUT2D eigenvalue weighted by atomic mass is 10.1. The number of fused-ring (bicyclic) bond motifs is 1. The minimum absolute atomic E-state index is 0.377. The van der Waals surface area contributed by atoms with E-state index in [1.54, 1.807) is 0 Å². The maximum absolute atomic E-state index is 5.74. The van der Waals surface area contributed by atoms with Crippen LogP contribution in [-0.4, -0.2) is 11.5 Å². The van der Waals surface area contributed by atoms with Crippen molar-refractivity contribution >= 4 is 45.3 Å². The lowest BCUT2D eigenvalue weighted by Gasteiger charge is -2.11. The summed E-state index contributed by atoms with van der Waals surface area (Å²) in [7, 11) is 0. The van der Waals surface area contributed by atoms with Crippen molar-refractivity contribution in [2.75, 3.05) is 11.9 Å². The highest BCUT2D eigenvalue weighted by Gasteiger charge is 2.02. The Hall–Kier alpha value is -1.78. The molecule has 98 valence electrons. The molecular formula is C14H14ClN3S. The van der Waals surface area contributed by atoms with E-state index in [1.807, 2.05) is 24.3 Å². The van der Waals surface area contributed by atoms with Gasteiger partial charge in [0.15, 0.2) is 0 Å². The van der Waals surface area contributed by atoms with Gasteiger partial charge in [0, 0.05) is 17.3 Å². The number of nitrogens with two attached hydrogens (primary N) is 1. The topological polar surface area (TPSA) is 50.1 Å². The van der Waals surface area contributed by atoms with Gasteiger partial charge in [-0.3, -0.25) is 0 Å². The number of rotatable bonds is 4. The fourth-order valence-corrected chi connectivity index (χ4v) is 2.00. The fraction of sp³-hybridized carbons (Fsp3) is 0.0714. The first-order chi connectivity index (χ1) is 9.20. The standard InChI is InChI=1S/C14H14ClN3S/c15-13(8-16)17-9-14(19)18-12-7-3-5-10-4-1-2-6-11(10)12/h1-8,17H,9,16H2,(H,18,19)/b13-8+. The molecule has 0 saturated carbocycles. The van der Waals surface area contributed by atoms with Crippen molar-refractivity contribution < 1.29 is 0 Å². The molecule has 0 unspecified atom stereocenters. The first-order valence-electron chi connectivity index (χ1n) is 5.79. The van der Waals surface area contributed by atoms with Gasteiger partial charge < -0.3 is 16.4 Å². The SMILES string of the molecule is N/C=C(\Cl)NCC(=S)Nc1cccc2ccccc12. The molecular weight excluding hydrogens is 278 g/mol. The van der Waals surface area contributed by atoms with Crippen LogP contribution in [0.1, 0.15) is 0 Å². The van der Waals surface area contributed by atoms with E-state index in [9.17, 15) is 0 Å². The number of halogens is 1. The van der Waals surface area contributed by atoms with Gasteiger partial charge in [0.05, 0.1) is 11.5 Å². The Morgan fingerprint density at radius 1 is 1.21 bits per heavy atom. The quantitative estimate of drug-likeness (QED) is 0.598. The second kappa shape index (κ2) is 6.41. The Balaban J connectivity index is 2.11. The van der Waals surface area contributed by atoms with Crippen LogP contribution in [0.3, 0.4) is 0 Å². The van der Waals surface area contributed by atoms with Crippen molar-refractivity contribution in [1.29, 1.82) is 0 Å². The molecule has 0 radical (unpaired) electrons. The highest BCUT2D eigenvalue weighted by atomic mass is 35.5. The van der Waals surface area contributed by atoms with Crippen LogP contribution in [0, 0.1) is 0 Å². The van der Waals surface area contributed by atoms with Gasteiger partial charge in [-0.1, -0.05) is 60.2 Å². The zero-order valence-corrected chi connectivity index (χ0v) is 11.8.